The van der Waals surface area contributed by atoms with Crippen molar-refractivity contribution in [1.82, 2.24) is 0 Å². The molecule has 1 atom stereocenters. The molecule has 23 heavy (non-hydrogen) atoms. The number of ether oxygens (including phenoxy) is 1. The summed E-state index contributed by atoms with van der Waals surface area (Å²) in [6.45, 7) is 0.144. The Morgan fingerprint density at radius 3 is 2.61 bits per heavy atom. The number of azide groups is 1. The highest BCUT2D eigenvalue weighted by Crippen LogP contribution is 2.42. The predicted molar refractivity (Wildman–Crippen MR) is 79.0 cm³/mol. The molecule has 0 radical (unpaired) electrons. The highest BCUT2D eigenvalue weighted by Gasteiger charge is 2.35. The number of rotatable bonds is 3. The van der Waals surface area contributed by atoms with Gasteiger partial charge in [-0.05, 0) is 28.8 Å². The topological polar surface area (TPSA) is 58.0 Å². The van der Waals surface area contributed by atoms with Crippen molar-refractivity contribution in [2.24, 2.45) is 5.11 Å². The molecule has 0 N–H and O–H groups in total. The molecule has 0 aliphatic carbocycles. The summed E-state index contributed by atoms with van der Waals surface area (Å²) >= 11 is 0. The standard InChI is InChI=1S/C16H12F3N3O/c17-16(18,19)14-6-2-1-4-12(14)11-5-3-7-15-13(11)8-10(23-15)9-21-22-20/h1-7,10H,8-9H2. The minimum atomic E-state index is -4.43. The van der Waals surface area contributed by atoms with Crippen molar-refractivity contribution in [3.8, 4) is 16.9 Å². The van der Waals surface area contributed by atoms with Gasteiger partial charge in [0.15, 0.2) is 0 Å². The Bertz CT molecular complexity index is 782. The summed E-state index contributed by atoms with van der Waals surface area (Å²) in [6.07, 6.45) is -4.36. The zero-order valence-corrected chi connectivity index (χ0v) is 11.9. The van der Waals surface area contributed by atoms with Crippen molar-refractivity contribution >= 4 is 0 Å². The van der Waals surface area contributed by atoms with Gasteiger partial charge in [0.05, 0.1) is 12.1 Å². The second-order valence-corrected chi connectivity index (χ2v) is 5.18. The molecule has 1 aliphatic heterocycles. The highest BCUT2D eigenvalue weighted by molar-refractivity contribution is 5.74. The summed E-state index contributed by atoms with van der Waals surface area (Å²) in [6, 6.07) is 10.5. The van der Waals surface area contributed by atoms with Crippen molar-refractivity contribution in [1.29, 1.82) is 0 Å². The van der Waals surface area contributed by atoms with Gasteiger partial charge < -0.3 is 4.74 Å². The zero-order valence-electron chi connectivity index (χ0n) is 11.9. The SMILES string of the molecule is [N-]=[N+]=NCC1Cc2c(cccc2-c2ccccc2C(F)(F)F)O1. The van der Waals surface area contributed by atoms with E-state index in [-0.39, 0.29) is 18.2 Å². The Hall–Kier alpha value is -2.66. The van der Waals surface area contributed by atoms with Crippen LogP contribution < -0.4 is 4.74 Å². The van der Waals surface area contributed by atoms with Crippen LogP contribution in [0.3, 0.4) is 0 Å². The van der Waals surface area contributed by atoms with Crippen LogP contribution in [0.1, 0.15) is 11.1 Å². The van der Waals surface area contributed by atoms with E-state index >= 15 is 0 Å². The van der Waals surface area contributed by atoms with Gasteiger partial charge in [-0.3, -0.25) is 0 Å². The van der Waals surface area contributed by atoms with Crippen LogP contribution in [0.15, 0.2) is 47.6 Å². The second-order valence-electron chi connectivity index (χ2n) is 5.18. The minimum Gasteiger partial charge on any atom is -0.490 e. The summed E-state index contributed by atoms with van der Waals surface area (Å²) in [5.41, 5.74) is 9.04. The van der Waals surface area contributed by atoms with Crippen molar-refractivity contribution in [2.45, 2.75) is 18.7 Å². The van der Waals surface area contributed by atoms with E-state index in [1.54, 1.807) is 24.3 Å². The first kappa shape index (κ1) is 15.2. The lowest BCUT2D eigenvalue weighted by atomic mass is 9.93. The van der Waals surface area contributed by atoms with Gasteiger partial charge >= 0.3 is 6.18 Å². The van der Waals surface area contributed by atoms with E-state index < -0.39 is 11.7 Å². The van der Waals surface area contributed by atoms with E-state index in [9.17, 15) is 13.2 Å². The van der Waals surface area contributed by atoms with Gasteiger partial charge in [-0.25, -0.2) is 0 Å². The molecule has 118 valence electrons. The molecule has 3 rings (SSSR count). The Labute approximate surface area is 130 Å². The average molecular weight is 319 g/mol. The maximum Gasteiger partial charge on any atom is 0.417 e. The molecule has 7 heteroatoms. The van der Waals surface area contributed by atoms with E-state index in [1.165, 1.54) is 12.1 Å². The minimum absolute atomic E-state index is 0.130. The smallest absolute Gasteiger partial charge is 0.417 e. The lowest BCUT2D eigenvalue weighted by molar-refractivity contribution is -0.137. The number of hydrogen-bond donors (Lipinski definition) is 0. The molecular formula is C16H12F3N3O. The molecule has 1 aliphatic rings. The van der Waals surface area contributed by atoms with E-state index in [2.05, 4.69) is 10.0 Å². The van der Waals surface area contributed by atoms with Gasteiger partial charge in [0.25, 0.3) is 0 Å². The van der Waals surface area contributed by atoms with Crippen molar-refractivity contribution in [3.05, 3.63) is 64.0 Å². The van der Waals surface area contributed by atoms with Crippen molar-refractivity contribution < 1.29 is 17.9 Å². The molecule has 1 unspecified atom stereocenters. The monoisotopic (exact) mass is 319 g/mol. The molecule has 4 nitrogen and oxygen atoms in total. The normalized spacial score (nSPS) is 16.4. The Kier molecular flexibility index (Phi) is 3.88. The predicted octanol–water partition coefficient (Wildman–Crippen LogP) is 4.99. The van der Waals surface area contributed by atoms with Crippen molar-refractivity contribution in [3.63, 3.8) is 0 Å². The zero-order chi connectivity index (χ0) is 16.4. The Morgan fingerprint density at radius 2 is 1.87 bits per heavy atom. The van der Waals surface area contributed by atoms with Crippen LogP contribution in [-0.2, 0) is 12.6 Å². The molecule has 0 saturated heterocycles. The molecule has 0 amide bonds. The number of alkyl halides is 3. The van der Waals surface area contributed by atoms with Gasteiger partial charge in [-0.2, -0.15) is 13.2 Å². The fourth-order valence-electron chi connectivity index (χ4n) is 2.78. The Morgan fingerprint density at radius 1 is 1.13 bits per heavy atom. The fourth-order valence-corrected chi connectivity index (χ4v) is 2.78. The first-order valence-corrected chi connectivity index (χ1v) is 6.96. The van der Waals surface area contributed by atoms with E-state index in [4.69, 9.17) is 10.3 Å². The molecule has 0 bridgehead atoms. The summed E-state index contributed by atoms with van der Waals surface area (Å²) in [5, 5.41) is 3.47. The lowest BCUT2D eigenvalue weighted by Gasteiger charge is -2.14. The van der Waals surface area contributed by atoms with Crippen LogP contribution in [0, 0.1) is 0 Å². The van der Waals surface area contributed by atoms with Crippen LogP contribution >= 0.6 is 0 Å². The third-order valence-electron chi connectivity index (χ3n) is 3.73. The maximum absolute atomic E-state index is 13.2. The average Bonchev–Trinajstić information content (AvgIpc) is 2.95. The number of halogens is 3. The molecule has 0 fully saturated rings. The highest BCUT2D eigenvalue weighted by atomic mass is 19.4. The van der Waals surface area contributed by atoms with Crippen molar-refractivity contribution in [2.75, 3.05) is 6.54 Å². The van der Waals surface area contributed by atoms with Crippen LogP contribution in [0.2, 0.25) is 0 Å². The Balaban J connectivity index is 2.05. The summed E-state index contributed by atoms with van der Waals surface area (Å²) in [4.78, 5) is 2.69. The van der Waals surface area contributed by atoms with E-state index in [0.717, 1.165) is 6.07 Å². The number of hydrogen-bond acceptors (Lipinski definition) is 2. The quantitative estimate of drug-likeness (QED) is 0.447. The second kappa shape index (κ2) is 5.85. The molecule has 1 heterocycles. The van der Waals surface area contributed by atoms with Crippen LogP contribution in [0.25, 0.3) is 21.6 Å². The summed E-state index contributed by atoms with van der Waals surface area (Å²) in [5.74, 6) is 0.539. The molecule has 0 aromatic heterocycles. The van der Waals surface area contributed by atoms with Gasteiger partial charge in [0.1, 0.15) is 11.9 Å². The molecule has 2 aromatic carbocycles. The number of nitrogens with zero attached hydrogens (tertiary/aromatic N) is 3. The van der Waals surface area contributed by atoms with Crippen LogP contribution in [0.5, 0.6) is 5.75 Å². The summed E-state index contributed by atoms with van der Waals surface area (Å²) < 4.78 is 45.4. The van der Waals surface area contributed by atoms with E-state index in [0.29, 0.717) is 23.3 Å². The molecular weight excluding hydrogens is 307 g/mol. The molecule has 2 aromatic rings. The summed E-state index contributed by atoms with van der Waals surface area (Å²) in [7, 11) is 0. The van der Waals surface area contributed by atoms with E-state index in [1.807, 2.05) is 0 Å². The van der Waals surface area contributed by atoms with Gasteiger partial charge in [-0.15, -0.1) is 0 Å². The lowest BCUT2D eigenvalue weighted by Crippen LogP contribution is -2.16. The molecule has 0 spiro atoms. The number of benzene rings is 2. The maximum atomic E-state index is 13.2. The third kappa shape index (κ3) is 2.96. The number of fused-ring (bicyclic) bond motifs is 1. The molecule has 0 saturated carbocycles. The van der Waals surface area contributed by atoms with Gasteiger partial charge in [-0.1, -0.05) is 35.4 Å². The first-order valence-electron chi connectivity index (χ1n) is 6.96. The fraction of sp³-hybridized carbons (Fsp3) is 0.250. The first-order chi connectivity index (χ1) is 11.0. The largest absolute Gasteiger partial charge is 0.490 e. The van der Waals surface area contributed by atoms with Gasteiger partial charge in [0, 0.05) is 16.9 Å². The third-order valence-corrected chi connectivity index (χ3v) is 3.73. The van der Waals surface area contributed by atoms with Gasteiger partial charge in [0.2, 0.25) is 0 Å². The van der Waals surface area contributed by atoms with Crippen LogP contribution in [-0.4, -0.2) is 12.6 Å². The van der Waals surface area contributed by atoms with Crippen LogP contribution in [0.4, 0.5) is 13.2 Å².